The number of halogens is 2. The van der Waals surface area contributed by atoms with Crippen LogP contribution in [0.1, 0.15) is 77.9 Å². The Bertz CT molecular complexity index is 1630. The van der Waals surface area contributed by atoms with Gasteiger partial charge in [-0.3, -0.25) is 9.59 Å². The van der Waals surface area contributed by atoms with Gasteiger partial charge in [0.2, 0.25) is 5.50 Å². The first-order valence-electron chi connectivity index (χ1n) is 14.4. The fourth-order valence-corrected chi connectivity index (χ4v) is 5.20. The lowest BCUT2D eigenvalue weighted by molar-refractivity contribution is -0.122. The second-order valence-electron chi connectivity index (χ2n) is 12.0. The summed E-state index contributed by atoms with van der Waals surface area (Å²) in [7, 11) is 0. The highest BCUT2D eigenvalue weighted by molar-refractivity contribution is 9.10. The van der Waals surface area contributed by atoms with Gasteiger partial charge in [-0.05, 0) is 82.4 Å². The van der Waals surface area contributed by atoms with Gasteiger partial charge in [-0.25, -0.2) is 4.68 Å². The fourth-order valence-electron chi connectivity index (χ4n) is 4.54. The summed E-state index contributed by atoms with van der Waals surface area (Å²) in [4.78, 5) is 26.3. The van der Waals surface area contributed by atoms with Crippen molar-refractivity contribution in [1.82, 2.24) is 15.0 Å². The van der Waals surface area contributed by atoms with Crippen LogP contribution in [0.25, 0.3) is 11.0 Å². The van der Waals surface area contributed by atoms with E-state index < -0.39 is 17.5 Å². The lowest BCUT2D eigenvalue weighted by Crippen LogP contribution is -2.31. The van der Waals surface area contributed by atoms with Crippen LogP contribution in [0.5, 0.6) is 5.75 Å². The maximum atomic E-state index is 13.3. The van der Waals surface area contributed by atoms with Crippen molar-refractivity contribution in [2.24, 2.45) is 0 Å². The van der Waals surface area contributed by atoms with E-state index in [9.17, 15) is 9.59 Å². The van der Waals surface area contributed by atoms with Crippen molar-refractivity contribution in [2.45, 2.75) is 83.7 Å². The van der Waals surface area contributed by atoms with Crippen LogP contribution in [0.15, 0.2) is 65.1 Å². The number of nitrogens with one attached hydrogen (secondary N) is 2. The van der Waals surface area contributed by atoms with Crippen LogP contribution in [0.4, 0.5) is 11.4 Å². The van der Waals surface area contributed by atoms with Gasteiger partial charge in [0.05, 0.1) is 21.4 Å². The van der Waals surface area contributed by atoms with Gasteiger partial charge in [-0.2, -0.15) is 0 Å². The number of hydrogen-bond donors (Lipinski definition) is 2. The predicted octanol–water partition coefficient (Wildman–Crippen LogP) is 8.35. The van der Waals surface area contributed by atoms with Crippen LogP contribution in [-0.4, -0.2) is 32.9 Å². The van der Waals surface area contributed by atoms with Crippen LogP contribution in [0.3, 0.4) is 0 Å². The van der Waals surface area contributed by atoms with Crippen molar-refractivity contribution in [3.05, 3.63) is 76.3 Å². The molecule has 0 aliphatic rings. The Kier molecular flexibility index (Phi) is 9.86. The smallest absolute Gasteiger partial charge is 0.265 e. The van der Waals surface area contributed by atoms with Crippen molar-refractivity contribution in [3.63, 3.8) is 0 Å². The molecule has 0 bridgehead atoms. The molecule has 2 unspecified atom stereocenters. The summed E-state index contributed by atoms with van der Waals surface area (Å²) >= 11 is 9.99. The van der Waals surface area contributed by atoms with Crippen LogP contribution in [-0.2, 0) is 20.4 Å². The minimum absolute atomic E-state index is 0.0271. The molecule has 2 N–H and O–H groups in total. The standard InChI is InChI=1S/C33H39BrClN5O3/c1-8-32(4,5)21-17-18-27(22(19-21)33(6,7)9-2)43-20(3)30(41)36-24-14-12-15-25(28(24)34)37-31(42)29(35)40-26-16-11-10-13-23(26)38-39-40/h10-20,29H,8-9H2,1-7H3,(H,36,41)(H,37,42). The van der Waals surface area contributed by atoms with E-state index in [2.05, 4.69) is 90.6 Å². The molecule has 228 valence electrons. The molecule has 4 aromatic rings. The topological polar surface area (TPSA) is 98.1 Å². The highest BCUT2D eigenvalue weighted by Gasteiger charge is 2.29. The number of carbonyl (C=O) groups is 2. The van der Waals surface area contributed by atoms with Gasteiger partial charge < -0.3 is 15.4 Å². The van der Waals surface area contributed by atoms with Crippen molar-refractivity contribution in [1.29, 1.82) is 0 Å². The van der Waals surface area contributed by atoms with Crippen LogP contribution < -0.4 is 15.4 Å². The number of carbonyl (C=O) groups excluding carboxylic acids is 2. The number of nitrogens with zero attached hydrogens (tertiary/aromatic N) is 3. The number of amides is 2. The molecule has 0 aliphatic carbocycles. The molecule has 0 spiro atoms. The number of fused-ring (bicyclic) bond motifs is 1. The first-order chi connectivity index (χ1) is 20.3. The molecule has 4 rings (SSSR count). The number of alkyl halides is 1. The Morgan fingerprint density at radius 2 is 1.56 bits per heavy atom. The summed E-state index contributed by atoms with van der Waals surface area (Å²) in [6, 6.07) is 18.7. The van der Waals surface area contributed by atoms with E-state index in [-0.39, 0.29) is 16.7 Å². The third kappa shape index (κ3) is 7.04. The molecule has 1 aromatic heterocycles. The summed E-state index contributed by atoms with van der Waals surface area (Å²) in [5.74, 6) is -0.135. The van der Waals surface area contributed by atoms with Gasteiger partial charge in [-0.1, -0.05) is 88.7 Å². The summed E-state index contributed by atoms with van der Waals surface area (Å²) in [5, 5.41) is 13.8. The van der Waals surface area contributed by atoms with Gasteiger partial charge in [0.15, 0.2) is 6.10 Å². The third-order valence-corrected chi connectivity index (χ3v) is 9.49. The summed E-state index contributed by atoms with van der Waals surface area (Å²) in [6.45, 7) is 14.9. The molecule has 43 heavy (non-hydrogen) atoms. The zero-order chi connectivity index (χ0) is 31.5. The van der Waals surface area contributed by atoms with Crippen LogP contribution >= 0.6 is 27.5 Å². The monoisotopic (exact) mass is 667 g/mol. The number of rotatable bonds is 11. The lowest BCUT2D eigenvalue weighted by atomic mass is 9.76. The lowest BCUT2D eigenvalue weighted by Gasteiger charge is -2.31. The van der Waals surface area contributed by atoms with Crippen molar-refractivity contribution in [2.75, 3.05) is 10.6 Å². The van der Waals surface area contributed by atoms with E-state index in [4.69, 9.17) is 16.3 Å². The fraction of sp³-hybridized carbons (Fsp3) is 0.394. The molecule has 8 nitrogen and oxygen atoms in total. The Labute approximate surface area is 266 Å². The molecule has 3 aromatic carbocycles. The van der Waals surface area contributed by atoms with E-state index in [1.165, 1.54) is 10.2 Å². The van der Waals surface area contributed by atoms with Gasteiger partial charge in [0, 0.05) is 5.56 Å². The van der Waals surface area contributed by atoms with Gasteiger partial charge in [0.25, 0.3) is 11.8 Å². The van der Waals surface area contributed by atoms with E-state index in [0.717, 1.165) is 18.4 Å². The van der Waals surface area contributed by atoms with Gasteiger partial charge in [-0.15, -0.1) is 5.10 Å². The predicted molar refractivity (Wildman–Crippen MR) is 177 cm³/mol. The van der Waals surface area contributed by atoms with Gasteiger partial charge in [0.1, 0.15) is 11.3 Å². The Hall–Kier alpha value is -3.43. The number of benzene rings is 3. The minimum Gasteiger partial charge on any atom is -0.481 e. The molecule has 0 fully saturated rings. The van der Waals surface area contributed by atoms with E-state index in [1.54, 1.807) is 37.3 Å². The average molecular weight is 669 g/mol. The van der Waals surface area contributed by atoms with E-state index in [1.807, 2.05) is 18.2 Å². The highest BCUT2D eigenvalue weighted by Crippen LogP contribution is 2.39. The van der Waals surface area contributed by atoms with Gasteiger partial charge >= 0.3 is 0 Å². The molecule has 0 saturated carbocycles. The summed E-state index contributed by atoms with van der Waals surface area (Å²) in [6.07, 6.45) is 1.14. The zero-order valence-electron chi connectivity index (χ0n) is 25.7. The zero-order valence-corrected chi connectivity index (χ0v) is 28.0. The average Bonchev–Trinajstić information content (AvgIpc) is 3.42. The molecule has 0 radical (unpaired) electrons. The number of hydrogen-bond acceptors (Lipinski definition) is 5. The molecule has 1 heterocycles. The quantitative estimate of drug-likeness (QED) is 0.157. The summed E-state index contributed by atoms with van der Waals surface area (Å²) < 4.78 is 8.13. The second-order valence-corrected chi connectivity index (χ2v) is 13.2. The van der Waals surface area contributed by atoms with Crippen LogP contribution in [0.2, 0.25) is 0 Å². The number of ether oxygens (including phenoxy) is 1. The molecule has 0 saturated heterocycles. The Balaban J connectivity index is 1.49. The van der Waals surface area contributed by atoms with Crippen molar-refractivity contribution >= 4 is 61.8 Å². The number of aromatic nitrogens is 3. The highest BCUT2D eigenvalue weighted by atomic mass is 79.9. The summed E-state index contributed by atoms with van der Waals surface area (Å²) in [5.41, 5.74) is 3.26. The maximum Gasteiger partial charge on any atom is 0.265 e. The number of anilines is 2. The SMILES string of the molecule is CCC(C)(C)c1ccc(OC(C)C(=O)Nc2cccc(NC(=O)C(Cl)n3nnc4ccccc43)c2Br)c(C(C)(C)CC)c1. The minimum atomic E-state index is -1.14. The molecular formula is C33H39BrClN5O3. The Morgan fingerprint density at radius 3 is 2.21 bits per heavy atom. The first kappa shape index (κ1) is 32.5. The second kappa shape index (κ2) is 13.1. The largest absolute Gasteiger partial charge is 0.481 e. The molecular weight excluding hydrogens is 630 g/mol. The normalized spacial score (nSPS) is 13.4. The Morgan fingerprint density at radius 1 is 0.930 bits per heavy atom. The van der Waals surface area contributed by atoms with Crippen molar-refractivity contribution < 1.29 is 14.3 Å². The van der Waals surface area contributed by atoms with E-state index >= 15 is 0 Å². The maximum absolute atomic E-state index is 13.3. The third-order valence-electron chi connectivity index (χ3n) is 8.25. The van der Waals surface area contributed by atoms with Crippen molar-refractivity contribution in [3.8, 4) is 5.75 Å². The number of para-hydroxylation sites is 1. The van der Waals surface area contributed by atoms with E-state index in [0.29, 0.717) is 32.6 Å². The molecule has 2 atom stereocenters. The molecule has 0 aliphatic heterocycles. The first-order valence-corrected chi connectivity index (χ1v) is 15.7. The van der Waals surface area contributed by atoms with Crippen LogP contribution in [0, 0.1) is 0 Å². The molecule has 2 amide bonds. The molecule has 10 heteroatoms.